The molecule has 0 N–H and O–H groups in total. The summed E-state index contributed by atoms with van der Waals surface area (Å²) in [5.41, 5.74) is 0. The van der Waals surface area contributed by atoms with Crippen LogP contribution in [0.2, 0.25) is 0 Å². The van der Waals surface area contributed by atoms with E-state index in [-0.39, 0.29) is 12.4 Å². The molecule has 0 amide bonds. The molecule has 0 rings (SSSR count). The van der Waals surface area contributed by atoms with Crippen LogP contribution in [0, 0.1) is 0 Å². The molecule has 0 saturated heterocycles. The van der Waals surface area contributed by atoms with Crippen molar-refractivity contribution in [2.45, 2.75) is 19.8 Å². The van der Waals surface area contributed by atoms with Gasteiger partial charge in [-0.15, -0.1) is 0 Å². The van der Waals surface area contributed by atoms with Gasteiger partial charge in [0.1, 0.15) is 0 Å². The fourth-order valence-corrected chi connectivity index (χ4v) is 1.33. The molecular formula is C7H12F2O3S. The van der Waals surface area contributed by atoms with Crippen molar-refractivity contribution in [2.75, 3.05) is 18.1 Å². The molecule has 3 nitrogen and oxygen atoms in total. The van der Waals surface area contributed by atoms with Gasteiger partial charge in [0.15, 0.2) is 0 Å². The van der Waals surface area contributed by atoms with Crippen molar-refractivity contribution in [1.82, 2.24) is 0 Å². The molecule has 0 aliphatic heterocycles. The fraction of sp³-hybridized carbons (Fsp3) is 0.857. The summed E-state index contributed by atoms with van der Waals surface area (Å²) in [6, 6.07) is 0. The van der Waals surface area contributed by atoms with E-state index in [1.165, 1.54) is 13.8 Å². The Hall–Kier alpha value is -0.520. The molecule has 0 fully saturated rings. The maximum Gasteiger partial charge on any atom is 0.377 e. The molecule has 1 atom stereocenters. The maximum atomic E-state index is 12.8. The Balaban J connectivity index is 4.21. The molecule has 0 radical (unpaired) electrons. The molecule has 0 bridgehead atoms. The Bertz CT molecular complexity index is 206. The molecule has 13 heavy (non-hydrogen) atoms. The molecule has 0 aromatic carbocycles. The van der Waals surface area contributed by atoms with Crippen molar-refractivity contribution < 1.29 is 22.5 Å². The van der Waals surface area contributed by atoms with Crippen molar-refractivity contribution in [2.24, 2.45) is 0 Å². The molecular weight excluding hydrogens is 202 g/mol. The first-order valence-corrected chi connectivity index (χ1v) is 5.32. The lowest BCUT2D eigenvalue weighted by molar-refractivity contribution is -0.168. The molecule has 0 aromatic heterocycles. The second-order valence-corrected chi connectivity index (χ2v) is 4.04. The molecule has 0 aliphatic carbocycles. The number of rotatable bonds is 5. The van der Waals surface area contributed by atoms with Gasteiger partial charge in [-0.1, -0.05) is 6.92 Å². The minimum Gasteiger partial charge on any atom is -0.462 e. The van der Waals surface area contributed by atoms with E-state index in [4.69, 9.17) is 0 Å². The SMILES string of the molecule is CCOC(=O)C(F)(F)CS(=O)CC. The standard InChI is InChI=1S/C7H12F2O3S/c1-3-12-6(10)7(8,9)5-13(11)4-2/h3-5H2,1-2H3. The largest absolute Gasteiger partial charge is 0.462 e. The van der Waals surface area contributed by atoms with E-state index < -0.39 is 28.4 Å². The van der Waals surface area contributed by atoms with Gasteiger partial charge in [-0.3, -0.25) is 4.21 Å². The average Bonchev–Trinajstić information content (AvgIpc) is 2.04. The topological polar surface area (TPSA) is 43.4 Å². The van der Waals surface area contributed by atoms with Gasteiger partial charge in [-0.05, 0) is 6.92 Å². The lowest BCUT2D eigenvalue weighted by atomic mass is 10.4. The van der Waals surface area contributed by atoms with Crippen LogP contribution in [-0.2, 0) is 20.3 Å². The molecule has 0 spiro atoms. The molecule has 1 unspecified atom stereocenters. The molecule has 0 saturated carbocycles. The normalized spacial score (nSPS) is 13.8. The summed E-state index contributed by atoms with van der Waals surface area (Å²) in [5, 5.41) is 0. The zero-order valence-corrected chi connectivity index (χ0v) is 8.33. The number of carbonyl (C=O) groups is 1. The summed E-state index contributed by atoms with van der Waals surface area (Å²) >= 11 is 0. The first-order chi connectivity index (χ1) is 5.94. The highest BCUT2D eigenvalue weighted by atomic mass is 32.2. The molecule has 78 valence electrons. The van der Waals surface area contributed by atoms with Crippen molar-refractivity contribution in [3.63, 3.8) is 0 Å². The van der Waals surface area contributed by atoms with Crippen LogP contribution in [0.25, 0.3) is 0 Å². The lowest BCUT2D eigenvalue weighted by Gasteiger charge is -2.13. The number of esters is 1. The second-order valence-electron chi connectivity index (χ2n) is 2.30. The third-order valence-corrected chi connectivity index (χ3v) is 2.57. The smallest absolute Gasteiger partial charge is 0.377 e. The summed E-state index contributed by atoms with van der Waals surface area (Å²) in [4.78, 5) is 10.6. The van der Waals surface area contributed by atoms with Crippen LogP contribution < -0.4 is 0 Å². The predicted octanol–water partition coefficient (Wildman–Crippen LogP) is 0.953. The van der Waals surface area contributed by atoms with E-state index in [0.717, 1.165) is 0 Å². The van der Waals surface area contributed by atoms with Gasteiger partial charge in [0, 0.05) is 16.6 Å². The van der Waals surface area contributed by atoms with Crippen molar-refractivity contribution in [3.05, 3.63) is 0 Å². The van der Waals surface area contributed by atoms with Crippen LogP contribution in [0.1, 0.15) is 13.8 Å². The maximum absolute atomic E-state index is 12.8. The number of halogens is 2. The fourth-order valence-electron chi connectivity index (χ4n) is 0.600. The minimum atomic E-state index is -3.63. The Kier molecular flexibility index (Phi) is 5.05. The summed E-state index contributed by atoms with van der Waals surface area (Å²) in [6.45, 7) is 2.84. The third kappa shape index (κ3) is 4.31. The zero-order chi connectivity index (χ0) is 10.5. The van der Waals surface area contributed by atoms with Gasteiger partial charge in [0.2, 0.25) is 0 Å². The molecule has 0 aliphatic rings. The third-order valence-electron chi connectivity index (χ3n) is 1.24. The first kappa shape index (κ1) is 12.5. The predicted molar refractivity (Wildman–Crippen MR) is 45.1 cm³/mol. The monoisotopic (exact) mass is 214 g/mol. The van der Waals surface area contributed by atoms with Gasteiger partial charge in [0.25, 0.3) is 0 Å². The quantitative estimate of drug-likeness (QED) is 0.640. The highest BCUT2D eigenvalue weighted by Crippen LogP contribution is 2.17. The summed E-state index contributed by atoms with van der Waals surface area (Å²) in [6.07, 6.45) is 0. The molecule has 0 heterocycles. The van der Waals surface area contributed by atoms with Crippen LogP contribution in [0.5, 0.6) is 0 Å². The Labute approximate surface area is 77.9 Å². The van der Waals surface area contributed by atoms with E-state index >= 15 is 0 Å². The van der Waals surface area contributed by atoms with Crippen molar-refractivity contribution in [1.29, 1.82) is 0 Å². The summed E-state index contributed by atoms with van der Waals surface area (Å²) in [5.74, 6) is -6.08. The number of hydrogen-bond donors (Lipinski definition) is 0. The van der Waals surface area contributed by atoms with E-state index in [1.54, 1.807) is 0 Å². The second kappa shape index (κ2) is 5.26. The Morgan fingerprint density at radius 3 is 2.38 bits per heavy atom. The van der Waals surface area contributed by atoms with Crippen LogP contribution in [0.3, 0.4) is 0 Å². The zero-order valence-electron chi connectivity index (χ0n) is 7.51. The van der Waals surface area contributed by atoms with E-state index in [2.05, 4.69) is 4.74 Å². The number of ether oxygens (including phenoxy) is 1. The summed E-state index contributed by atoms with van der Waals surface area (Å²) < 4.78 is 40.4. The average molecular weight is 214 g/mol. The van der Waals surface area contributed by atoms with E-state index in [9.17, 15) is 17.8 Å². The van der Waals surface area contributed by atoms with Gasteiger partial charge in [0.05, 0.1) is 12.4 Å². The highest BCUT2D eigenvalue weighted by Gasteiger charge is 2.41. The lowest BCUT2D eigenvalue weighted by Crippen LogP contribution is -2.36. The van der Waals surface area contributed by atoms with Gasteiger partial charge < -0.3 is 4.74 Å². The summed E-state index contributed by atoms with van der Waals surface area (Å²) in [7, 11) is -1.67. The number of alkyl halides is 2. The number of carbonyl (C=O) groups excluding carboxylic acids is 1. The van der Waals surface area contributed by atoms with Crippen LogP contribution in [-0.4, -0.2) is 34.2 Å². The van der Waals surface area contributed by atoms with Crippen LogP contribution in [0.15, 0.2) is 0 Å². The van der Waals surface area contributed by atoms with Gasteiger partial charge >= 0.3 is 11.9 Å². The molecule has 0 aromatic rings. The van der Waals surface area contributed by atoms with E-state index in [0.29, 0.717) is 0 Å². The van der Waals surface area contributed by atoms with Crippen molar-refractivity contribution in [3.8, 4) is 0 Å². The van der Waals surface area contributed by atoms with Crippen LogP contribution >= 0.6 is 0 Å². The Morgan fingerprint density at radius 1 is 1.46 bits per heavy atom. The van der Waals surface area contributed by atoms with Crippen molar-refractivity contribution >= 4 is 16.8 Å². The molecule has 6 heteroatoms. The van der Waals surface area contributed by atoms with Crippen LogP contribution in [0.4, 0.5) is 8.78 Å². The highest BCUT2D eigenvalue weighted by molar-refractivity contribution is 7.85. The van der Waals surface area contributed by atoms with E-state index in [1.807, 2.05) is 0 Å². The number of hydrogen-bond acceptors (Lipinski definition) is 3. The van der Waals surface area contributed by atoms with Gasteiger partial charge in [-0.2, -0.15) is 8.78 Å². The first-order valence-electron chi connectivity index (χ1n) is 3.84. The Morgan fingerprint density at radius 2 is 2.00 bits per heavy atom. The van der Waals surface area contributed by atoms with Gasteiger partial charge in [-0.25, -0.2) is 4.79 Å². The minimum absolute atomic E-state index is 0.104.